The first kappa shape index (κ1) is 10.4. The predicted octanol–water partition coefficient (Wildman–Crippen LogP) is 4.68. The van der Waals surface area contributed by atoms with E-state index in [1.807, 2.05) is 12.2 Å². The van der Waals surface area contributed by atoms with Gasteiger partial charge in [0.25, 0.3) is 0 Å². The highest BCUT2D eigenvalue weighted by atomic mass is 14.0. The molecule has 0 bridgehead atoms. The van der Waals surface area contributed by atoms with Crippen molar-refractivity contribution in [2.24, 2.45) is 0 Å². The molecular formula is C16H14. The number of allylic oxidation sites excluding steroid dienone is 2. The van der Waals surface area contributed by atoms with Gasteiger partial charge in [-0.25, -0.2) is 0 Å². The molecule has 0 heteroatoms. The Hall–Kier alpha value is -2.08. The molecule has 0 aliphatic carbocycles. The second-order valence-corrected chi connectivity index (χ2v) is 3.59. The van der Waals surface area contributed by atoms with Gasteiger partial charge in [-0.1, -0.05) is 73.9 Å². The predicted molar refractivity (Wildman–Crippen MR) is 73.3 cm³/mol. The minimum atomic E-state index is 1.15. The van der Waals surface area contributed by atoms with Crippen LogP contribution in [-0.4, -0.2) is 0 Å². The van der Waals surface area contributed by atoms with Gasteiger partial charge in [-0.15, -0.1) is 0 Å². The summed E-state index contributed by atoms with van der Waals surface area (Å²) in [5, 5.41) is 2.50. The van der Waals surface area contributed by atoms with Crippen molar-refractivity contribution in [1.82, 2.24) is 0 Å². The van der Waals surface area contributed by atoms with E-state index >= 15 is 0 Å². The molecule has 0 nitrogen and oxygen atoms in total. The van der Waals surface area contributed by atoms with Gasteiger partial charge >= 0.3 is 0 Å². The van der Waals surface area contributed by atoms with Gasteiger partial charge in [0.1, 0.15) is 0 Å². The fourth-order valence-electron chi connectivity index (χ4n) is 1.84. The van der Waals surface area contributed by atoms with E-state index in [4.69, 9.17) is 0 Å². The third-order valence-electron chi connectivity index (χ3n) is 2.62. The normalized spacial score (nSPS) is 10.8. The summed E-state index contributed by atoms with van der Waals surface area (Å²) in [4.78, 5) is 0. The number of benzene rings is 2. The molecule has 0 atom stereocenters. The summed E-state index contributed by atoms with van der Waals surface area (Å²) in [6.45, 7) is 7.55. The van der Waals surface area contributed by atoms with E-state index in [2.05, 4.69) is 55.6 Å². The zero-order valence-electron chi connectivity index (χ0n) is 9.19. The average molecular weight is 206 g/mol. The fraction of sp³-hybridized carbons (Fsp3) is 0. The largest absolute Gasteiger partial charge is 0.0991 e. The molecule has 0 unspecified atom stereocenters. The topological polar surface area (TPSA) is 0 Å². The highest BCUT2D eigenvalue weighted by Gasteiger charge is 2.01. The second kappa shape index (κ2) is 4.63. The molecule has 0 spiro atoms. The Kier molecular flexibility index (Phi) is 3.02. The van der Waals surface area contributed by atoms with E-state index < -0.39 is 0 Å². The summed E-state index contributed by atoms with van der Waals surface area (Å²) in [7, 11) is 0. The first-order chi connectivity index (χ1) is 7.86. The molecule has 0 aromatic heterocycles. The summed E-state index contributed by atoms with van der Waals surface area (Å²) >= 11 is 0. The second-order valence-electron chi connectivity index (χ2n) is 3.59. The van der Waals surface area contributed by atoms with Crippen LogP contribution in [0.25, 0.3) is 22.9 Å². The highest BCUT2D eigenvalue weighted by molar-refractivity contribution is 5.94. The summed E-state index contributed by atoms with van der Waals surface area (Å²) < 4.78 is 0. The SMILES string of the molecule is C=CC=Cc1c(C=C)ccc2ccccc12. The highest BCUT2D eigenvalue weighted by Crippen LogP contribution is 2.24. The summed E-state index contributed by atoms with van der Waals surface area (Å²) in [5.41, 5.74) is 2.35. The van der Waals surface area contributed by atoms with Crippen LogP contribution in [0.3, 0.4) is 0 Å². The number of hydrogen-bond acceptors (Lipinski definition) is 0. The van der Waals surface area contributed by atoms with Crippen LogP contribution in [-0.2, 0) is 0 Å². The van der Waals surface area contributed by atoms with Crippen LogP contribution in [0.2, 0.25) is 0 Å². The maximum atomic E-state index is 3.85. The standard InChI is InChI=1S/C16H14/c1-3-5-9-15-13(4-2)11-12-14-8-6-7-10-16(14)15/h3-12H,1-2H2. The molecule has 0 fully saturated rings. The Morgan fingerprint density at radius 3 is 2.50 bits per heavy atom. The summed E-state index contributed by atoms with van der Waals surface area (Å²) in [6.07, 6.45) is 7.70. The third-order valence-corrected chi connectivity index (χ3v) is 2.62. The fourth-order valence-corrected chi connectivity index (χ4v) is 1.84. The minimum absolute atomic E-state index is 1.15. The summed E-state index contributed by atoms with van der Waals surface area (Å²) in [5.74, 6) is 0. The lowest BCUT2D eigenvalue weighted by molar-refractivity contribution is 1.67. The van der Waals surface area contributed by atoms with Crippen LogP contribution >= 0.6 is 0 Å². The van der Waals surface area contributed by atoms with Gasteiger partial charge in [-0.05, 0) is 21.9 Å². The van der Waals surface area contributed by atoms with Gasteiger partial charge < -0.3 is 0 Å². The van der Waals surface area contributed by atoms with Gasteiger partial charge in [0, 0.05) is 0 Å². The molecule has 0 saturated carbocycles. The molecule has 0 radical (unpaired) electrons. The number of fused-ring (bicyclic) bond motifs is 1. The summed E-state index contributed by atoms with van der Waals surface area (Å²) in [6, 6.07) is 12.6. The Labute approximate surface area is 96.2 Å². The monoisotopic (exact) mass is 206 g/mol. The average Bonchev–Trinajstić information content (AvgIpc) is 2.35. The van der Waals surface area contributed by atoms with E-state index in [-0.39, 0.29) is 0 Å². The lowest BCUT2D eigenvalue weighted by Gasteiger charge is -2.06. The maximum absolute atomic E-state index is 3.85. The number of hydrogen-bond donors (Lipinski definition) is 0. The maximum Gasteiger partial charge on any atom is -0.0105 e. The van der Waals surface area contributed by atoms with E-state index in [1.54, 1.807) is 6.08 Å². The van der Waals surface area contributed by atoms with Crippen molar-refractivity contribution in [2.45, 2.75) is 0 Å². The zero-order chi connectivity index (χ0) is 11.4. The molecular weight excluding hydrogens is 192 g/mol. The third kappa shape index (κ3) is 1.82. The van der Waals surface area contributed by atoms with Gasteiger partial charge in [-0.3, -0.25) is 0 Å². The molecule has 0 saturated heterocycles. The van der Waals surface area contributed by atoms with E-state index in [1.165, 1.54) is 16.3 Å². The van der Waals surface area contributed by atoms with Crippen LogP contribution in [0.4, 0.5) is 0 Å². The van der Waals surface area contributed by atoms with Crippen LogP contribution < -0.4 is 0 Å². The molecule has 2 aromatic rings. The van der Waals surface area contributed by atoms with Crippen LogP contribution in [0.5, 0.6) is 0 Å². The van der Waals surface area contributed by atoms with Crippen molar-refractivity contribution < 1.29 is 0 Å². The van der Waals surface area contributed by atoms with Crippen LogP contribution in [0, 0.1) is 0 Å². The molecule has 0 N–H and O–H groups in total. The molecule has 2 aromatic carbocycles. The first-order valence-corrected chi connectivity index (χ1v) is 5.30. The van der Waals surface area contributed by atoms with E-state index in [0.29, 0.717) is 0 Å². The smallest absolute Gasteiger partial charge is 0.0105 e. The molecule has 0 amide bonds. The Bertz CT molecular complexity index is 559. The Morgan fingerprint density at radius 1 is 0.938 bits per heavy atom. The van der Waals surface area contributed by atoms with Crippen molar-refractivity contribution in [3.05, 3.63) is 72.8 Å². The molecule has 0 aliphatic heterocycles. The molecule has 0 aliphatic rings. The quantitative estimate of drug-likeness (QED) is 0.639. The van der Waals surface area contributed by atoms with Crippen molar-refractivity contribution in [3.8, 4) is 0 Å². The van der Waals surface area contributed by atoms with E-state index in [0.717, 1.165) is 5.56 Å². The Balaban J connectivity index is 2.77. The zero-order valence-corrected chi connectivity index (χ0v) is 9.19. The molecule has 2 rings (SSSR count). The van der Waals surface area contributed by atoms with Crippen LogP contribution in [0.1, 0.15) is 11.1 Å². The van der Waals surface area contributed by atoms with E-state index in [9.17, 15) is 0 Å². The van der Waals surface area contributed by atoms with Crippen molar-refractivity contribution in [3.63, 3.8) is 0 Å². The minimum Gasteiger partial charge on any atom is -0.0991 e. The first-order valence-electron chi connectivity index (χ1n) is 5.30. The van der Waals surface area contributed by atoms with Gasteiger partial charge in [0.05, 0.1) is 0 Å². The Morgan fingerprint density at radius 2 is 1.75 bits per heavy atom. The lowest BCUT2D eigenvalue weighted by Crippen LogP contribution is -1.83. The van der Waals surface area contributed by atoms with Crippen molar-refractivity contribution >= 4 is 22.9 Å². The van der Waals surface area contributed by atoms with Crippen LogP contribution in [0.15, 0.2) is 61.7 Å². The van der Waals surface area contributed by atoms with Gasteiger partial charge in [0.15, 0.2) is 0 Å². The van der Waals surface area contributed by atoms with Crippen molar-refractivity contribution in [1.29, 1.82) is 0 Å². The number of rotatable bonds is 3. The molecule has 0 heterocycles. The van der Waals surface area contributed by atoms with Crippen molar-refractivity contribution in [2.75, 3.05) is 0 Å². The van der Waals surface area contributed by atoms with Gasteiger partial charge in [0.2, 0.25) is 0 Å². The van der Waals surface area contributed by atoms with Gasteiger partial charge in [-0.2, -0.15) is 0 Å². The molecule has 16 heavy (non-hydrogen) atoms. The lowest BCUT2D eigenvalue weighted by atomic mass is 9.98. The molecule has 78 valence electrons.